The van der Waals surface area contributed by atoms with E-state index in [9.17, 15) is 18.8 Å². The fourth-order valence-electron chi connectivity index (χ4n) is 4.87. The predicted molar refractivity (Wildman–Crippen MR) is 103 cm³/mol. The Kier molecular flexibility index (Phi) is 3.71. The Bertz CT molecular complexity index is 1110. The zero-order chi connectivity index (χ0) is 20.4. The third kappa shape index (κ3) is 2.33. The number of fused-ring (bicyclic) bond motifs is 4. The highest BCUT2D eigenvalue weighted by Crippen LogP contribution is 2.48. The van der Waals surface area contributed by atoms with Gasteiger partial charge in [0.05, 0.1) is 17.5 Å². The normalized spacial score (nSPS) is 28.1. The maximum absolute atomic E-state index is 14.1. The van der Waals surface area contributed by atoms with Crippen molar-refractivity contribution in [2.24, 2.45) is 16.8 Å². The van der Waals surface area contributed by atoms with Crippen LogP contribution in [0.1, 0.15) is 27.4 Å². The predicted octanol–water partition coefficient (Wildman–Crippen LogP) is 2.69. The number of hydrogen-bond acceptors (Lipinski definition) is 4. The largest absolute Gasteiger partial charge is 0.327 e. The van der Waals surface area contributed by atoms with Crippen LogP contribution in [0, 0.1) is 17.7 Å². The van der Waals surface area contributed by atoms with Crippen molar-refractivity contribution in [2.45, 2.75) is 12.1 Å². The van der Waals surface area contributed by atoms with Gasteiger partial charge < -0.3 is 4.90 Å². The molecule has 4 atom stereocenters. The SMILES string of the molecule is CN1C(=O)C2C(c3cccc(F)c3)C3C(=O)c4ccccc4C3=NC2N(C)C1=O. The van der Waals surface area contributed by atoms with E-state index in [0.717, 1.165) is 10.5 Å². The topological polar surface area (TPSA) is 70.1 Å². The molecule has 3 amide bonds. The lowest BCUT2D eigenvalue weighted by atomic mass is 9.70. The first-order valence-electron chi connectivity index (χ1n) is 9.41. The molecule has 1 fully saturated rings. The Morgan fingerprint density at radius 2 is 1.66 bits per heavy atom. The van der Waals surface area contributed by atoms with Crippen LogP contribution in [0.2, 0.25) is 0 Å². The van der Waals surface area contributed by atoms with E-state index in [1.807, 2.05) is 12.1 Å². The summed E-state index contributed by atoms with van der Waals surface area (Å²) in [5, 5.41) is 0. The molecule has 3 aliphatic rings. The van der Waals surface area contributed by atoms with E-state index in [2.05, 4.69) is 0 Å². The third-order valence-electron chi connectivity index (χ3n) is 6.22. The van der Waals surface area contributed by atoms with Crippen molar-refractivity contribution in [1.29, 1.82) is 0 Å². The van der Waals surface area contributed by atoms with Gasteiger partial charge in [0.1, 0.15) is 12.0 Å². The molecule has 2 aromatic carbocycles. The van der Waals surface area contributed by atoms with Crippen LogP contribution in [0.5, 0.6) is 0 Å². The van der Waals surface area contributed by atoms with Crippen molar-refractivity contribution in [3.63, 3.8) is 0 Å². The number of ketones is 1. The van der Waals surface area contributed by atoms with Crippen LogP contribution >= 0.6 is 0 Å². The minimum atomic E-state index is -0.767. The average molecular weight is 391 g/mol. The summed E-state index contributed by atoms with van der Waals surface area (Å²) in [6, 6.07) is 12.7. The summed E-state index contributed by atoms with van der Waals surface area (Å²) in [6.45, 7) is 0. The van der Waals surface area contributed by atoms with Crippen molar-refractivity contribution >= 4 is 23.4 Å². The summed E-state index contributed by atoms with van der Waals surface area (Å²) in [6.07, 6.45) is -0.746. The number of aliphatic imine (C=N–C) groups is 1. The zero-order valence-corrected chi connectivity index (χ0v) is 15.9. The summed E-state index contributed by atoms with van der Waals surface area (Å²) in [4.78, 5) is 46.2. The van der Waals surface area contributed by atoms with E-state index >= 15 is 0 Å². The molecule has 1 aliphatic carbocycles. The van der Waals surface area contributed by atoms with Crippen LogP contribution in [0.25, 0.3) is 0 Å². The Morgan fingerprint density at radius 3 is 2.38 bits per heavy atom. The lowest BCUT2D eigenvalue weighted by molar-refractivity contribution is -0.138. The van der Waals surface area contributed by atoms with Gasteiger partial charge in [0.25, 0.3) is 0 Å². The molecule has 0 N–H and O–H groups in total. The van der Waals surface area contributed by atoms with Crippen LogP contribution in [-0.4, -0.2) is 53.5 Å². The minimum absolute atomic E-state index is 0.123. The molecular weight excluding hydrogens is 373 g/mol. The number of carbonyl (C=O) groups is 3. The summed E-state index contributed by atoms with van der Waals surface area (Å²) in [5.41, 5.74) is 2.39. The molecular formula is C22H18FN3O3. The van der Waals surface area contributed by atoms with E-state index in [1.165, 1.54) is 24.1 Å². The molecule has 29 heavy (non-hydrogen) atoms. The van der Waals surface area contributed by atoms with Crippen LogP contribution in [-0.2, 0) is 4.79 Å². The Morgan fingerprint density at radius 1 is 0.931 bits per heavy atom. The number of hydrogen-bond donors (Lipinski definition) is 0. The molecule has 0 radical (unpaired) electrons. The van der Waals surface area contributed by atoms with E-state index in [-0.39, 0.29) is 5.78 Å². The Hall–Kier alpha value is -3.35. The Labute approximate surface area is 166 Å². The van der Waals surface area contributed by atoms with Gasteiger partial charge in [-0.1, -0.05) is 36.4 Å². The standard InChI is InChI=1S/C22H18FN3O3/c1-25-20-17(21(28)26(2)22(25)29)15(11-6-5-7-12(23)10-11)16-18(24-20)13-8-3-4-9-14(13)19(16)27/h3-10,15-17,20H,1-2H3. The molecule has 2 heterocycles. The first kappa shape index (κ1) is 17.7. The van der Waals surface area contributed by atoms with Gasteiger partial charge in [-0.2, -0.15) is 0 Å². The molecule has 0 bridgehead atoms. The van der Waals surface area contributed by atoms with Gasteiger partial charge in [0, 0.05) is 31.1 Å². The minimum Gasteiger partial charge on any atom is -0.304 e. The van der Waals surface area contributed by atoms with Crippen molar-refractivity contribution in [1.82, 2.24) is 9.80 Å². The van der Waals surface area contributed by atoms with Crippen molar-refractivity contribution in [3.8, 4) is 0 Å². The van der Waals surface area contributed by atoms with Crippen LogP contribution in [0.4, 0.5) is 9.18 Å². The van der Waals surface area contributed by atoms with Crippen LogP contribution < -0.4 is 0 Å². The smallest absolute Gasteiger partial charge is 0.304 e. The fourth-order valence-corrected chi connectivity index (χ4v) is 4.87. The first-order chi connectivity index (χ1) is 13.9. The molecule has 2 aromatic rings. The average Bonchev–Trinajstić information content (AvgIpc) is 3.01. The maximum Gasteiger partial charge on any atom is 0.327 e. The number of nitrogens with zero attached hydrogens (tertiary/aromatic N) is 3. The number of carbonyl (C=O) groups excluding carboxylic acids is 3. The number of benzene rings is 2. The second kappa shape index (κ2) is 6.07. The number of halogens is 1. The quantitative estimate of drug-likeness (QED) is 0.751. The van der Waals surface area contributed by atoms with E-state index in [4.69, 9.17) is 4.99 Å². The lowest BCUT2D eigenvalue weighted by Gasteiger charge is -2.47. The molecule has 0 spiro atoms. The van der Waals surface area contributed by atoms with E-state index < -0.39 is 41.7 Å². The van der Waals surface area contributed by atoms with Gasteiger partial charge in [-0.3, -0.25) is 19.5 Å². The summed E-state index contributed by atoms with van der Waals surface area (Å²) < 4.78 is 14.1. The van der Waals surface area contributed by atoms with E-state index in [0.29, 0.717) is 16.8 Å². The lowest BCUT2D eigenvalue weighted by Crippen LogP contribution is -2.62. The molecule has 146 valence electrons. The number of rotatable bonds is 1. The molecule has 2 aliphatic heterocycles. The molecule has 0 saturated carbocycles. The van der Waals surface area contributed by atoms with Gasteiger partial charge in [-0.25, -0.2) is 9.18 Å². The number of Topliss-reactive ketones (excluding diaryl/α,β-unsaturated/α-hetero) is 1. The molecule has 6 nitrogen and oxygen atoms in total. The second-order valence-corrected chi connectivity index (χ2v) is 7.71. The molecule has 7 heteroatoms. The van der Waals surface area contributed by atoms with E-state index in [1.54, 1.807) is 31.3 Å². The highest BCUT2D eigenvalue weighted by molar-refractivity contribution is 6.29. The molecule has 1 saturated heterocycles. The number of urea groups is 1. The zero-order valence-electron chi connectivity index (χ0n) is 15.9. The van der Waals surface area contributed by atoms with Crippen LogP contribution in [0.3, 0.4) is 0 Å². The number of imide groups is 1. The van der Waals surface area contributed by atoms with Gasteiger partial charge in [0.15, 0.2) is 5.78 Å². The van der Waals surface area contributed by atoms with Crippen LogP contribution in [0.15, 0.2) is 53.5 Å². The Balaban J connectivity index is 1.77. The highest BCUT2D eigenvalue weighted by atomic mass is 19.1. The van der Waals surface area contributed by atoms with Gasteiger partial charge in [0.2, 0.25) is 5.91 Å². The summed E-state index contributed by atoms with van der Waals surface area (Å²) in [7, 11) is 3.02. The first-order valence-corrected chi connectivity index (χ1v) is 9.41. The van der Waals surface area contributed by atoms with Crippen molar-refractivity contribution in [3.05, 3.63) is 71.0 Å². The van der Waals surface area contributed by atoms with Gasteiger partial charge in [-0.05, 0) is 17.7 Å². The monoisotopic (exact) mass is 391 g/mol. The van der Waals surface area contributed by atoms with Gasteiger partial charge in [-0.15, -0.1) is 0 Å². The van der Waals surface area contributed by atoms with Crippen molar-refractivity contribution < 1.29 is 18.8 Å². The van der Waals surface area contributed by atoms with Gasteiger partial charge >= 0.3 is 6.03 Å². The van der Waals surface area contributed by atoms with Crippen molar-refractivity contribution in [2.75, 3.05) is 14.1 Å². The number of amides is 3. The maximum atomic E-state index is 14.1. The second-order valence-electron chi connectivity index (χ2n) is 7.71. The molecule has 0 aromatic heterocycles. The fraction of sp³-hybridized carbons (Fsp3) is 0.273. The highest BCUT2D eigenvalue weighted by Gasteiger charge is 2.57. The third-order valence-corrected chi connectivity index (χ3v) is 6.22. The molecule has 4 unspecified atom stereocenters. The summed E-state index contributed by atoms with van der Waals surface area (Å²) in [5.74, 6) is -3.03. The molecule has 5 rings (SSSR count). The summed E-state index contributed by atoms with van der Waals surface area (Å²) >= 11 is 0.